The number of aryl methyl sites for hydroxylation is 1. The molecule has 1 saturated heterocycles. The van der Waals surface area contributed by atoms with Crippen LogP contribution in [0.5, 0.6) is 0 Å². The summed E-state index contributed by atoms with van der Waals surface area (Å²) in [4.78, 5) is 27.5. The van der Waals surface area contributed by atoms with Crippen molar-refractivity contribution in [1.29, 1.82) is 0 Å². The Bertz CT molecular complexity index is 581. The van der Waals surface area contributed by atoms with Gasteiger partial charge in [0.05, 0.1) is 0 Å². The maximum atomic E-state index is 13.0. The fourth-order valence-corrected chi connectivity index (χ4v) is 3.36. The fourth-order valence-electron chi connectivity index (χ4n) is 3.36. The van der Waals surface area contributed by atoms with E-state index in [2.05, 4.69) is 10.6 Å². The Morgan fingerprint density at radius 2 is 1.92 bits per heavy atom. The fraction of sp³-hybridized carbons (Fsp3) is 0.600. The molecule has 0 bridgehead atoms. The van der Waals surface area contributed by atoms with Crippen LogP contribution in [-0.2, 0) is 4.79 Å². The summed E-state index contributed by atoms with van der Waals surface area (Å²) in [7, 11) is 1.94. The lowest BCUT2D eigenvalue weighted by Gasteiger charge is -2.36. The molecule has 1 fully saturated rings. The van der Waals surface area contributed by atoms with Gasteiger partial charge in [0.2, 0.25) is 5.91 Å². The largest absolute Gasteiger partial charge is 0.341 e. The van der Waals surface area contributed by atoms with Crippen molar-refractivity contribution in [1.82, 2.24) is 15.5 Å². The zero-order valence-corrected chi connectivity index (χ0v) is 15.8. The number of hydrogen-bond donors (Lipinski definition) is 2. The Morgan fingerprint density at radius 1 is 1.24 bits per heavy atom. The van der Waals surface area contributed by atoms with Gasteiger partial charge < -0.3 is 15.5 Å². The van der Waals surface area contributed by atoms with Gasteiger partial charge in [0.1, 0.15) is 6.04 Å². The molecule has 2 N–H and O–H groups in total. The van der Waals surface area contributed by atoms with Gasteiger partial charge in [0.15, 0.2) is 0 Å². The van der Waals surface area contributed by atoms with E-state index in [9.17, 15) is 9.59 Å². The molecule has 25 heavy (non-hydrogen) atoms. The van der Waals surface area contributed by atoms with Crippen LogP contribution in [0.2, 0.25) is 0 Å². The number of hydrogen-bond acceptors (Lipinski definition) is 3. The van der Waals surface area contributed by atoms with Gasteiger partial charge in [-0.25, -0.2) is 0 Å². The third kappa shape index (κ3) is 5.30. The van der Waals surface area contributed by atoms with Crippen molar-refractivity contribution in [3.05, 3.63) is 35.4 Å². The lowest BCUT2D eigenvalue weighted by Crippen LogP contribution is -2.54. The van der Waals surface area contributed by atoms with Gasteiger partial charge in [-0.1, -0.05) is 31.5 Å². The second-order valence-electron chi connectivity index (χ2n) is 7.41. The summed E-state index contributed by atoms with van der Waals surface area (Å²) < 4.78 is 0. The lowest BCUT2D eigenvalue weighted by atomic mass is 9.95. The van der Waals surface area contributed by atoms with Gasteiger partial charge in [0, 0.05) is 18.7 Å². The normalized spacial score (nSPS) is 18.9. The number of carbonyl (C=O) groups is 2. The standard InChI is InChI=1S/C20H31N3O2/c1-14(2)18(22-19(24)17-9-7-15(3)8-10-17)20(25)23-11-5-6-16(13-23)12-21-4/h7-10,14,16,18,21H,5-6,11-13H2,1-4H3,(H,22,24). The second-order valence-corrected chi connectivity index (χ2v) is 7.41. The number of amides is 2. The van der Waals surface area contributed by atoms with Crippen molar-refractivity contribution in [2.45, 2.75) is 39.7 Å². The summed E-state index contributed by atoms with van der Waals surface area (Å²) in [5.74, 6) is 0.391. The van der Waals surface area contributed by atoms with Crippen molar-refractivity contribution in [3.8, 4) is 0 Å². The van der Waals surface area contributed by atoms with E-state index in [1.54, 1.807) is 12.1 Å². The highest BCUT2D eigenvalue weighted by Gasteiger charge is 2.31. The van der Waals surface area contributed by atoms with Crippen LogP contribution in [0.3, 0.4) is 0 Å². The topological polar surface area (TPSA) is 61.4 Å². The van der Waals surface area contributed by atoms with Crippen LogP contribution >= 0.6 is 0 Å². The molecule has 2 atom stereocenters. The molecule has 0 saturated carbocycles. The molecule has 1 aliphatic rings. The second kappa shape index (κ2) is 8.99. The first-order valence-corrected chi connectivity index (χ1v) is 9.23. The molecular weight excluding hydrogens is 314 g/mol. The van der Waals surface area contributed by atoms with E-state index in [4.69, 9.17) is 0 Å². The first-order valence-electron chi connectivity index (χ1n) is 9.23. The van der Waals surface area contributed by atoms with Crippen molar-refractivity contribution >= 4 is 11.8 Å². The number of likely N-dealkylation sites (tertiary alicyclic amines) is 1. The highest BCUT2D eigenvalue weighted by molar-refractivity contribution is 5.97. The predicted octanol–water partition coefficient (Wildman–Crippen LogP) is 2.21. The maximum absolute atomic E-state index is 13.0. The molecule has 0 aromatic heterocycles. The summed E-state index contributed by atoms with van der Waals surface area (Å²) in [5, 5.41) is 6.15. The summed E-state index contributed by atoms with van der Waals surface area (Å²) in [6, 6.07) is 6.94. The number of piperidine rings is 1. The third-order valence-corrected chi connectivity index (χ3v) is 4.86. The number of carbonyl (C=O) groups excluding carboxylic acids is 2. The minimum atomic E-state index is -0.484. The minimum Gasteiger partial charge on any atom is -0.341 e. The smallest absolute Gasteiger partial charge is 0.251 e. The van der Waals surface area contributed by atoms with Gasteiger partial charge >= 0.3 is 0 Å². The summed E-state index contributed by atoms with van der Waals surface area (Å²) in [6.07, 6.45) is 2.17. The van der Waals surface area contributed by atoms with Crippen LogP contribution in [0.4, 0.5) is 0 Å². The average molecular weight is 345 g/mol. The zero-order chi connectivity index (χ0) is 18.4. The van der Waals surface area contributed by atoms with Crippen molar-refractivity contribution in [2.24, 2.45) is 11.8 Å². The lowest BCUT2D eigenvalue weighted by molar-refractivity contribution is -0.136. The van der Waals surface area contributed by atoms with Crippen molar-refractivity contribution in [3.63, 3.8) is 0 Å². The summed E-state index contributed by atoms with van der Waals surface area (Å²) >= 11 is 0. The highest BCUT2D eigenvalue weighted by Crippen LogP contribution is 2.18. The monoisotopic (exact) mass is 345 g/mol. The molecule has 5 heteroatoms. The van der Waals surface area contributed by atoms with E-state index in [0.29, 0.717) is 11.5 Å². The quantitative estimate of drug-likeness (QED) is 0.831. The van der Waals surface area contributed by atoms with Gasteiger partial charge in [-0.3, -0.25) is 9.59 Å². The van der Waals surface area contributed by atoms with E-state index in [-0.39, 0.29) is 17.7 Å². The van der Waals surface area contributed by atoms with Crippen molar-refractivity contribution < 1.29 is 9.59 Å². The van der Waals surface area contributed by atoms with E-state index < -0.39 is 6.04 Å². The molecular formula is C20H31N3O2. The van der Waals surface area contributed by atoms with Crippen LogP contribution in [0.1, 0.15) is 42.6 Å². The molecule has 1 aromatic rings. The van der Waals surface area contributed by atoms with E-state index in [1.807, 2.05) is 44.9 Å². The van der Waals surface area contributed by atoms with Crippen LogP contribution in [0, 0.1) is 18.8 Å². The molecule has 0 aliphatic carbocycles. The molecule has 2 unspecified atom stereocenters. The minimum absolute atomic E-state index is 0.0382. The molecule has 0 radical (unpaired) electrons. The Balaban J connectivity index is 2.05. The van der Waals surface area contributed by atoms with E-state index >= 15 is 0 Å². The van der Waals surface area contributed by atoms with Gasteiger partial charge in [-0.05, 0) is 57.3 Å². The van der Waals surface area contributed by atoms with Gasteiger partial charge in [-0.15, -0.1) is 0 Å². The maximum Gasteiger partial charge on any atom is 0.251 e. The molecule has 2 rings (SSSR count). The number of nitrogens with one attached hydrogen (secondary N) is 2. The first kappa shape index (κ1) is 19.4. The van der Waals surface area contributed by atoms with Crippen LogP contribution in [0.25, 0.3) is 0 Å². The van der Waals surface area contributed by atoms with Gasteiger partial charge in [0.25, 0.3) is 5.91 Å². The Hall–Kier alpha value is -1.88. The van der Waals surface area contributed by atoms with Gasteiger partial charge in [-0.2, -0.15) is 0 Å². The van der Waals surface area contributed by atoms with E-state index in [0.717, 1.165) is 38.0 Å². The Labute approximate surface area is 151 Å². The number of benzene rings is 1. The SMILES string of the molecule is CNCC1CCCN(C(=O)C(NC(=O)c2ccc(C)cc2)C(C)C)C1. The third-order valence-electron chi connectivity index (χ3n) is 4.86. The molecule has 138 valence electrons. The first-order chi connectivity index (χ1) is 11.9. The van der Waals surface area contributed by atoms with Crippen LogP contribution < -0.4 is 10.6 Å². The molecule has 0 spiro atoms. The predicted molar refractivity (Wildman–Crippen MR) is 101 cm³/mol. The Morgan fingerprint density at radius 3 is 2.52 bits per heavy atom. The number of nitrogens with zero attached hydrogens (tertiary/aromatic N) is 1. The van der Waals surface area contributed by atoms with Crippen LogP contribution in [-0.4, -0.2) is 49.4 Å². The molecule has 1 aromatic carbocycles. The summed E-state index contributed by atoms with van der Waals surface area (Å²) in [6.45, 7) is 8.41. The average Bonchev–Trinajstić information content (AvgIpc) is 2.60. The molecule has 2 amide bonds. The Kier molecular flexibility index (Phi) is 7.00. The molecule has 1 heterocycles. The van der Waals surface area contributed by atoms with E-state index in [1.165, 1.54) is 0 Å². The van der Waals surface area contributed by atoms with Crippen molar-refractivity contribution in [2.75, 3.05) is 26.7 Å². The highest BCUT2D eigenvalue weighted by atomic mass is 16.2. The van der Waals surface area contributed by atoms with Crippen LogP contribution in [0.15, 0.2) is 24.3 Å². The molecule has 5 nitrogen and oxygen atoms in total. The number of rotatable bonds is 6. The molecule has 1 aliphatic heterocycles. The summed E-state index contributed by atoms with van der Waals surface area (Å²) in [5.41, 5.74) is 1.70. The zero-order valence-electron chi connectivity index (χ0n) is 15.8.